The number of pyridine rings is 1. The van der Waals surface area contributed by atoms with E-state index in [1.807, 2.05) is 25.1 Å². The van der Waals surface area contributed by atoms with Crippen LogP contribution < -0.4 is 27.5 Å². The molecule has 0 aliphatic heterocycles. The van der Waals surface area contributed by atoms with E-state index in [-0.39, 0.29) is 5.82 Å². The quantitative estimate of drug-likeness (QED) is 0.502. The number of benzene rings is 1. The molecule has 0 aliphatic rings. The summed E-state index contributed by atoms with van der Waals surface area (Å²) in [4.78, 5) is 3.97. The molecule has 0 saturated heterocycles. The van der Waals surface area contributed by atoms with E-state index in [0.29, 0.717) is 23.9 Å². The summed E-state index contributed by atoms with van der Waals surface area (Å²) in [6.45, 7) is 2.39. The zero-order chi connectivity index (χ0) is 14.7. The molecule has 0 amide bonds. The Hall–Kier alpha value is -1.99. The smallest absolute Gasteiger partial charge is 0.169 e. The van der Waals surface area contributed by atoms with Gasteiger partial charge in [0, 0.05) is 10.5 Å². The highest BCUT2D eigenvalue weighted by atomic mass is 79.9. The first-order valence-corrected chi connectivity index (χ1v) is 6.71. The van der Waals surface area contributed by atoms with E-state index in [2.05, 4.69) is 26.3 Å². The SMILES string of the molecule is Cc1c(Br)cccc1COc1cc(N)nc(NN)c1N. The Balaban J connectivity index is 2.23. The number of anilines is 3. The second-order valence-electron chi connectivity index (χ2n) is 4.26. The van der Waals surface area contributed by atoms with Gasteiger partial charge in [-0.15, -0.1) is 0 Å². The van der Waals surface area contributed by atoms with Crippen molar-refractivity contribution in [2.75, 3.05) is 16.9 Å². The molecule has 0 unspecified atom stereocenters. The van der Waals surface area contributed by atoms with E-state index >= 15 is 0 Å². The van der Waals surface area contributed by atoms with Crippen molar-refractivity contribution in [2.24, 2.45) is 5.84 Å². The fraction of sp³-hybridized carbons (Fsp3) is 0.154. The summed E-state index contributed by atoms with van der Waals surface area (Å²) >= 11 is 3.48. The van der Waals surface area contributed by atoms with E-state index in [9.17, 15) is 0 Å². The van der Waals surface area contributed by atoms with Gasteiger partial charge in [0.25, 0.3) is 0 Å². The van der Waals surface area contributed by atoms with Gasteiger partial charge in [0.1, 0.15) is 23.9 Å². The topological polar surface area (TPSA) is 112 Å². The minimum Gasteiger partial charge on any atom is -0.486 e. The zero-order valence-corrected chi connectivity index (χ0v) is 12.6. The number of ether oxygens (including phenoxy) is 1. The number of halogens is 1. The molecular formula is C13H16BrN5O. The number of hydrogen-bond donors (Lipinski definition) is 4. The van der Waals surface area contributed by atoms with Crippen LogP contribution in [0.2, 0.25) is 0 Å². The largest absolute Gasteiger partial charge is 0.486 e. The minimum atomic E-state index is 0.285. The van der Waals surface area contributed by atoms with E-state index in [0.717, 1.165) is 15.6 Å². The van der Waals surface area contributed by atoms with Gasteiger partial charge in [-0.2, -0.15) is 0 Å². The summed E-state index contributed by atoms with van der Waals surface area (Å²) in [5, 5.41) is 0. The third-order valence-electron chi connectivity index (χ3n) is 2.94. The van der Waals surface area contributed by atoms with Gasteiger partial charge in [-0.25, -0.2) is 10.8 Å². The molecule has 0 saturated carbocycles. The van der Waals surface area contributed by atoms with Gasteiger partial charge < -0.3 is 21.6 Å². The molecule has 1 aromatic carbocycles. The molecule has 2 aromatic rings. The average molecular weight is 338 g/mol. The van der Waals surface area contributed by atoms with Gasteiger partial charge in [0.05, 0.1) is 0 Å². The second kappa shape index (κ2) is 5.98. The van der Waals surface area contributed by atoms with Crippen molar-refractivity contribution < 1.29 is 4.74 Å². The van der Waals surface area contributed by atoms with Gasteiger partial charge in [0.2, 0.25) is 0 Å². The maximum absolute atomic E-state index is 5.90. The molecule has 7 N–H and O–H groups in total. The number of hydrogen-bond acceptors (Lipinski definition) is 6. The van der Waals surface area contributed by atoms with Crippen LogP contribution in [-0.4, -0.2) is 4.98 Å². The number of rotatable bonds is 4. The fourth-order valence-corrected chi connectivity index (χ4v) is 2.15. The van der Waals surface area contributed by atoms with Crippen LogP contribution in [0.25, 0.3) is 0 Å². The molecule has 2 rings (SSSR count). The molecule has 0 spiro atoms. The van der Waals surface area contributed by atoms with Crippen molar-refractivity contribution >= 4 is 33.3 Å². The molecule has 0 atom stereocenters. The minimum absolute atomic E-state index is 0.285. The van der Waals surface area contributed by atoms with Crippen LogP contribution in [0, 0.1) is 6.92 Å². The van der Waals surface area contributed by atoms with Gasteiger partial charge in [-0.3, -0.25) is 0 Å². The molecule has 6 nitrogen and oxygen atoms in total. The third-order valence-corrected chi connectivity index (χ3v) is 3.80. The molecule has 0 bridgehead atoms. The van der Waals surface area contributed by atoms with Crippen molar-refractivity contribution in [3.63, 3.8) is 0 Å². The highest BCUT2D eigenvalue weighted by Gasteiger charge is 2.10. The Morgan fingerprint density at radius 2 is 2.10 bits per heavy atom. The molecule has 1 aromatic heterocycles. The number of nitrogens with one attached hydrogen (secondary N) is 1. The number of nitrogens with two attached hydrogens (primary N) is 3. The van der Waals surface area contributed by atoms with Crippen LogP contribution in [0.5, 0.6) is 5.75 Å². The van der Waals surface area contributed by atoms with Crippen LogP contribution in [0.15, 0.2) is 28.7 Å². The Morgan fingerprint density at radius 1 is 1.35 bits per heavy atom. The van der Waals surface area contributed by atoms with Gasteiger partial charge in [-0.1, -0.05) is 28.1 Å². The van der Waals surface area contributed by atoms with Gasteiger partial charge in [0.15, 0.2) is 5.82 Å². The van der Waals surface area contributed by atoms with Crippen molar-refractivity contribution in [3.05, 3.63) is 39.9 Å². The standard InChI is InChI=1S/C13H16BrN5O/c1-7-8(3-2-4-9(7)14)6-20-10-5-11(15)18-13(19-17)12(10)16/h2-5H,6,16-17H2,1H3,(H3,15,18,19). The average Bonchev–Trinajstić information content (AvgIpc) is 2.43. The van der Waals surface area contributed by atoms with E-state index in [1.165, 1.54) is 0 Å². The molecular weight excluding hydrogens is 322 g/mol. The monoisotopic (exact) mass is 337 g/mol. The Labute approximate surface area is 125 Å². The Bertz CT molecular complexity index is 632. The lowest BCUT2D eigenvalue weighted by Gasteiger charge is -2.14. The molecule has 106 valence electrons. The third kappa shape index (κ3) is 2.94. The Morgan fingerprint density at radius 3 is 2.80 bits per heavy atom. The maximum atomic E-state index is 5.90. The Kier molecular flexibility index (Phi) is 4.31. The number of nitrogens with zero attached hydrogens (tertiary/aromatic N) is 1. The highest BCUT2D eigenvalue weighted by molar-refractivity contribution is 9.10. The maximum Gasteiger partial charge on any atom is 0.169 e. The molecule has 7 heteroatoms. The van der Waals surface area contributed by atoms with Crippen molar-refractivity contribution in [1.82, 2.24) is 4.98 Å². The number of hydrazine groups is 1. The van der Waals surface area contributed by atoms with Crippen molar-refractivity contribution in [1.29, 1.82) is 0 Å². The van der Waals surface area contributed by atoms with Crippen LogP contribution in [0.1, 0.15) is 11.1 Å². The molecule has 0 fully saturated rings. The summed E-state index contributed by atoms with van der Waals surface area (Å²) in [6.07, 6.45) is 0. The fourth-order valence-electron chi connectivity index (χ4n) is 1.74. The van der Waals surface area contributed by atoms with Crippen LogP contribution in [0.3, 0.4) is 0 Å². The lowest BCUT2D eigenvalue weighted by Crippen LogP contribution is -2.13. The summed E-state index contributed by atoms with van der Waals surface area (Å²) in [7, 11) is 0. The normalized spacial score (nSPS) is 10.3. The van der Waals surface area contributed by atoms with Gasteiger partial charge >= 0.3 is 0 Å². The van der Waals surface area contributed by atoms with Crippen molar-refractivity contribution in [3.8, 4) is 5.75 Å². The molecule has 0 aliphatic carbocycles. The van der Waals surface area contributed by atoms with E-state index in [4.69, 9.17) is 22.0 Å². The number of aromatic nitrogens is 1. The highest BCUT2D eigenvalue weighted by Crippen LogP contribution is 2.30. The second-order valence-corrected chi connectivity index (χ2v) is 5.12. The summed E-state index contributed by atoms with van der Waals surface area (Å²) in [5.41, 5.74) is 16.5. The summed E-state index contributed by atoms with van der Waals surface area (Å²) in [5.74, 6) is 6.36. The van der Waals surface area contributed by atoms with E-state index < -0.39 is 0 Å². The lowest BCUT2D eigenvalue weighted by molar-refractivity contribution is 0.307. The molecule has 1 heterocycles. The number of nitrogen functional groups attached to an aromatic ring is 3. The summed E-state index contributed by atoms with van der Waals surface area (Å²) < 4.78 is 6.75. The van der Waals surface area contributed by atoms with Crippen molar-refractivity contribution in [2.45, 2.75) is 13.5 Å². The van der Waals surface area contributed by atoms with E-state index in [1.54, 1.807) is 6.07 Å². The lowest BCUT2D eigenvalue weighted by atomic mass is 10.1. The first kappa shape index (κ1) is 14.4. The van der Waals surface area contributed by atoms with Crippen LogP contribution >= 0.6 is 15.9 Å². The van der Waals surface area contributed by atoms with Crippen LogP contribution in [-0.2, 0) is 6.61 Å². The molecule has 20 heavy (non-hydrogen) atoms. The first-order chi connectivity index (χ1) is 9.52. The predicted molar refractivity (Wildman–Crippen MR) is 84.1 cm³/mol. The first-order valence-electron chi connectivity index (χ1n) is 5.92. The zero-order valence-electron chi connectivity index (χ0n) is 11.0. The summed E-state index contributed by atoms with van der Waals surface area (Å²) in [6, 6.07) is 7.49. The predicted octanol–water partition coefficient (Wildman–Crippen LogP) is 2.18. The molecule has 0 radical (unpaired) electrons. The van der Waals surface area contributed by atoms with Gasteiger partial charge in [-0.05, 0) is 24.1 Å². The van der Waals surface area contributed by atoms with Crippen LogP contribution in [0.4, 0.5) is 17.3 Å².